The van der Waals surface area contributed by atoms with Gasteiger partial charge in [0.25, 0.3) is 0 Å². The summed E-state index contributed by atoms with van der Waals surface area (Å²) in [5, 5.41) is 3.32. The van der Waals surface area contributed by atoms with E-state index in [4.69, 9.17) is 0 Å². The van der Waals surface area contributed by atoms with Crippen molar-refractivity contribution in [3.8, 4) is 0 Å². The molecule has 0 aromatic carbocycles. The molecule has 4 heteroatoms. The molecule has 0 aliphatic carbocycles. The van der Waals surface area contributed by atoms with E-state index >= 15 is 0 Å². The van der Waals surface area contributed by atoms with E-state index in [0.717, 1.165) is 31.8 Å². The summed E-state index contributed by atoms with van der Waals surface area (Å²) >= 11 is 1.84. The van der Waals surface area contributed by atoms with Gasteiger partial charge in [0.1, 0.15) is 0 Å². The summed E-state index contributed by atoms with van der Waals surface area (Å²) in [6.45, 7) is 6.99. The average molecular weight is 228 g/mol. The van der Waals surface area contributed by atoms with E-state index in [0.29, 0.717) is 11.9 Å². The fourth-order valence-corrected chi connectivity index (χ4v) is 3.66. The third-order valence-electron chi connectivity index (χ3n) is 3.43. The lowest BCUT2D eigenvalue weighted by molar-refractivity contribution is -0.136. The van der Waals surface area contributed by atoms with Crippen LogP contribution in [-0.2, 0) is 4.79 Å². The molecule has 2 rings (SSSR count). The molecule has 2 atom stereocenters. The maximum atomic E-state index is 12.4. The number of nitrogens with zero attached hydrogens (tertiary/aromatic N) is 1. The zero-order valence-corrected chi connectivity index (χ0v) is 10.4. The van der Waals surface area contributed by atoms with Crippen LogP contribution in [0, 0.1) is 0 Å². The van der Waals surface area contributed by atoms with Crippen molar-refractivity contribution in [1.82, 2.24) is 10.2 Å². The van der Waals surface area contributed by atoms with Crippen LogP contribution in [-0.4, -0.2) is 47.0 Å². The minimum absolute atomic E-state index is 0.133. The number of hydrogen-bond acceptors (Lipinski definition) is 3. The minimum Gasteiger partial charge on any atom is -0.336 e. The van der Waals surface area contributed by atoms with Gasteiger partial charge >= 0.3 is 0 Å². The summed E-state index contributed by atoms with van der Waals surface area (Å²) in [5.41, 5.74) is 0. The van der Waals surface area contributed by atoms with E-state index in [1.807, 2.05) is 11.8 Å². The highest BCUT2D eigenvalue weighted by atomic mass is 32.2. The van der Waals surface area contributed by atoms with Gasteiger partial charge in [-0.3, -0.25) is 4.79 Å². The van der Waals surface area contributed by atoms with Crippen molar-refractivity contribution in [1.29, 1.82) is 0 Å². The van der Waals surface area contributed by atoms with E-state index in [9.17, 15) is 4.79 Å². The van der Waals surface area contributed by atoms with Crippen molar-refractivity contribution in [2.24, 2.45) is 0 Å². The maximum absolute atomic E-state index is 12.4. The van der Waals surface area contributed by atoms with Crippen LogP contribution in [0.2, 0.25) is 0 Å². The second kappa shape index (κ2) is 4.34. The first-order chi connectivity index (χ1) is 7.13. The summed E-state index contributed by atoms with van der Waals surface area (Å²) in [4.78, 5) is 14.5. The Morgan fingerprint density at radius 2 is 2.40 bits per heavy atom. The van der Waals surface area contributed by atoms with Crippen molar-refractivity contribution >= 4 is 17.7 Å². The molecule has 0 bridgehead atoms. The van der Waals surface area contributed by atoms with Gasteiger partial charge in [0.05, 0.1) is 4.75 Å². The monoisotopic (exact) mass is 228 g/mol. The third kappa shape index (κ3) is 2.16. The summed E-state index contributed by atoms with van der Waals surface area (Å²) in [6, 6.07) is 0.351. The maximum Gasteiger partial charge on any atom is 0.238 e. The fraction of sp³-hybridized carbons (Fsp3) is 0.909. The number of hydrogen-bond donors (Lipinski definition) is 1. The molecule has 2 aliphatic heterocycles. The Morgan fingerprint density at radius 3 is 3.00 bits per heavy atom. The Bertz CT molecular complexity index is 251. The summed E-state index contributed by atoms with van der Waals surface area (Å²) in [6.07, 6.45) is 2.24. The molecule has 0 radical (unpaired) electrons. The van der Waals surface area contributed by atoms with Gasteiger partial charge in [-0.1, -0.05) is 0 Å². The standard InChI is InChI=1S/C11H20N2OS/c1-9-8-12-5-6-13(9)10(14)11(2)4-3-7-15-11/h9,12H,3-8H2,1-2H3. The molecule has 2 fully saturated rings. The van der Waals surface area contributed by atoms with Crippen LogP contribution in [0.4, 0.5) is 0 Å². The molecule has 15 heavy (non-hydrogen) atoms. The average Bonchev–Trinajstić information content (AvgIpc) is 2.66. The van der Waals surface area contributed by atoms with Crippen LogP contribution in [0.25, 0.3) is 0 Å². The number of piperazine rings is 1. The first-order valence-electron chi connectivity index (χ1n) is 5.79. The van der Waals surface area contributed by atoms with Gasteiger partial charge in [0.2, 0.25) is 5.91 Å². The molecular weight excluding hydrogens is 208 g/mol. The van der Waals surface area contributed by atoms with Crippen LogP contribution >= 0.6 is 11.8 Å². The zero-order chi connectivity index (χ0) is 10.9. The van der Waals surface area contributed by atoms with Gasteiger partial charge < -0.3 is 10.2 Å². The van der Waals surface area contributed by atoms with E-state index in [1.54, 1.807) is 0 Å². The Morgan fingerprint density at radius 1 is 1.60 bits per heavy atom. The molecule has 3 nitrogen and oxygen atoms in total. The largest absolute Gasteiger partial charge is 0.336 e. The zero-order valence-electron chi connectivity index (χ0n) is 9.58. The molecule has 0 aromatic rings. The van der Waals surface area contributed by atoms with Crippen molar-refractivity contribution in [3.63, 3.8) is 0 Å². The summed E-state index contributed by atoms with van der Waals surface area (Å²) < 4.78 is -0.133. The molecule has 2 saturated heterocycles. The Kier molecular flexibility index (Phi) is 3.26. The van der Waals surface area contributed by atoms with E-state index in [-0.39, 0.29) is 4.75 Å². The highest BCUT2D eigenvalue weighted by Gasteiger charge is 2.41. The molecule has 0 aromatic heterocycles. The van der Waals surface area contributed by atoms with Crippen molar-refractivity contribution < 1.29 is 4.79 Å². The number of thioether (sulfide) groups is 1. The molecule has 2 aliphatic rings. The summed E-state index contributed by atoms with van der Waals surface area (Å²) in [7, 11) is 0. The molecule has 86 valence electrons. The topological polar surface area (TPSA) is 32.3 Å². The number of nitrogens with one attached hydrogen (secondary N) is 1. The van der Waals surface area contributed by atoms with Gasteiger partial charge in [-0.25, -0.2) is 0 Å². The molecule has 0 saturated carbocycles. The summed E-state index contributed by atoms with van der Waals surface area (Å²) in [5.74, 6) is 1.50. The predicted molar refractivity (Wildman–Crippen MR) is 64.1 cm³/mol. The lowest BCUT2D eigenvalue weighted by atomic mass is 10.0. The number of rotatable bonds is 1. The quantitative estimate of drug-likeness (QED) is 0.729. The van der Waals surface area contributed by atoms with Crippen molar-refractivity contribution in [3.05, 3.63) is 0 Å². The van der Waals surface area contributed by atoms with Crippen molar-refractivity contribution in [2.45, 2.75) is 37.5 Å². The fourth-order valence-electron chi connectivity index (χ4n) is 2.39. The Hall–Kier alpha value is -0.220. The van der Waals surface area contributed by atoms with Gasteiger partial charge in [-0.15, -0.1) is 11.8 Å². The van der Waals surface area contributed by atoms with Gasteiger partial charge in [0.15, 0.2) is 0 Å². The van der Waals surface area contributed by atoms with Gasteiger partial charge in [-0.2, -0.15) is 0 Å². The Labute approximate surface area is 96.0 Å². The van der Waals surface area contributed by atoms with Crippen LogP contribution in [0.1, 0.15) is 26.7 Å². The second-order valence-electron chi connectivity index (χ2n) is 4.73. The normalized spacial score (nSPS) is 36.9. The minimum atomic E-state index is -0.133. The SMILES string of the molecule is CC1CNCCN1C(=O)C1(C)CCCS1. The first-order valence-corrected chi connectivity index (χ1v) is 6.78. The van der Waals surface area contributed by atoms with E-state index in [2.05, 4.69) is 24.1 Å². The molecule has 1 amide bonds. The highest BCUT2D eigenvalue weighted by molar-refractivity contribution is 8.01. The lowest BCUT2D eigenvalue weighted by Crippen LogP contribution is -2.56. The number of carbonyl (C=O) groups excluding carboxylic acids is 1. The molecule has 2 unspecified atom stereocenters. The van der Waals surface area contributed by atoms with Gasteiger partial charge in [-0.05, 0) is 32.4 Å². The smallest absolute Gasteiger partial charge is 0.238 e. The Balaban J connectivity index is 2.05. The van der Waals surface area contributed by atoms with Crippen molar-refractivity contribution in [2.75, 3.05) is 25.4 Å². The molecule has 0 spiro atoms. The van der Waals surface area contributed by atoms with Crippen LogP contribution in [0.5, 0.6) is 0 Å². The van der Waals surface area contributed by atoms with Crippen LogP contribution in [0.3, 0.4) is 0 Å². The third-order valence-corrected chi connectivity index (χ3v) is 4.94. The van der Waals surface area contributed by atoms with Crippen LogP contribution in [0.15, 0.2) is 0 Å². The van der Waals surface area contributed by atoms with E-state index in [1.165, 1.54) is 6.42 Å². The lowest BCUT2D eigenvalue weighted by Gasteiger charge is -2.38. The first kappa shape index (κ1) is 11.3. The van der Waals surface area contributed by atoms with E-state index < -0.39 is 0 Å². The van der Waals surface area contributed by atoms with Crippen LogP contribution < -0.4 is 5.32 Å². The molecule has 1 N–H and O–H groups in total. The number of carbonyl (C=O) groups is 1. The number of amides is 1. The molecule has 2 heterocycles. The predicted octanol–water partition coefficient (Wildman–Crippen LogP) is 1.09. The second-order valence-corrected chi connectivity index (χ2v) is 6.33. The van der Waals surface area contributed by atoms with Gasteiger partial charge in [0, 0.05) is 25.7 Å². The highest BCUT2D eigenvalue weighted by Crippen LogP contribution is 2.39. The molecular formula is C11H20N2OS.